The van der Waals surface area contributed by atoms with Gasteiger partial charge in [0.25, 0.3) is 11.8 Å². The van der Waals surface area contributed by atoms with Crippen LogP contribution in [0.25, 0.3) is 0 Å². The van der Waals surface area contributed by atoms with Gasteiger partial charge >= 0.3 is 0 Å². The van der Waals surface area contributed by atoms with Crippen LogP contribution in [0.1, 0.15) is 33.3 Å². The smallest absolute Gasteiger partial charge is 0.274 e. The Morgan fingerprint density at radius 1 is 0.964 bits per heavy atom. The Morgan fingerprint density at radius 2 is 1.79 bits per heavy atom. The Bertz CT molecular complexity index is 1000. The molecule has 0 aliphatic heterocycles. The van der Waals surface area contributed by atoms with Gasteiger partial charge in [0.05, 0.1) is 7.11 Å². The number of amides is 2. The molecule has 6 nitrogen and oxygen atoms in total. The minimum atomic E-state index is -0.364. The van der Waals surface area contributed by atoms with E-state index >= 15 is 0 Å². The molecule has 2 amide bonds. The number of carbonyl (C=O) groups is 2. The molecular formula is C22H21N3O3. The highest BCUT2D eigenvalue weighted by atomic mass is 16.5. The van der Waals surface area contributed by atoms with E-state index in [1.807, 2.05) is 31.2 Å². The number of rotatable bonds is 6. The molecule has 1 aromatic heterocycles. The van der Waals surface area contributed by atoms with Crippen LogP contribution in [0, 0.1) is 0 Å². The lowest BCUT2D eigenvalue weighted by Crippen LogP contribution is -2.17. The zero-order valence-electron chi connectivity index (χ0n) is 15.7. The second-order valence-corrected chi connectivity index (χ2v) is 6.08. The highest BCUT2D eigenvalue weighted by Crippen LogP contribution is 2.19. The van der Waals surface area contributed by atoms with Gasteiger partial charge in [-0.05, 0) is 42.3 Å². The van der Waals surface area contributed by atoms with Gasteiger partial charge in [0.15, 0.2) is 0 Å². The first-order valence-electron chi connectivity index (χ1n) is 8.91. The van der Waals surface area contributed by atoms with Crippen molar-refractivity contribution in [2.24, 2.45) is 0 Å². The average molecular weight is 375 g/mol. The number of hydrogen-bond donors (Lipinski definition) is 2. The fourth-order valence-electron chi connectivity index (χ4n) is 2.74. The predicted molar refractivity (Wildman–Crippen MR) is 109 cm³/mol. The maximum Gasteiger partial charge on any atom is 0.274 e. The van der Waals surface area contributed by atoms with Gasteiger partial charge in [-0.25, -0.2) is 0 Å². The van der Waals surface area contributed by atoms with Crippen LogP contribution in [0.5, 0.6) is 5.75 Å². The van der Waals surface area contributed by atoms with Crippen molar-refractivity contribution in [3.8, 4) is 5.75 Å². The first-order valence-corrected chi connectivity index (χ1v) is 8.91. The molecule has 3 aromatic rings. The molecule has 0 fully saturated rings. The number of aryl methyl sites for hydroxylation is 1. The zero-order valence-corrected chi connectivity index (χ0v) is 15.7. The first kappa shape index (κ1) is 19.1. The maximum absolute atomic E-state index is 12.6. The summed E-state index contributed by atoms with van der Waals surface area (Å²) in [5.74, 6) is -0.0576. The number of nitrogens with zero attached hydrogens (tertiary/aromatic N) is 1. The number of nitrogens with one attached hydrogen (secondary N) is 2. The number of aromatic nitrogens is 1. The van der Waals surface area contributed by atoms with E-state index in [0.29, 0.717) is 17.0 Å². The maximum atomic E-state index is 12.6. The van der Waals surface area contributed by atoms with Crippen LogP contribution in [-0.2, 0) is 6.42 Å². The van der Waals surface area contributed by atoms with Crippen LogP contribution in [0.2, 0.25) is 0 Å². The van der Waals surface area contributed by atoms with E-state index in [2.05, 4.69) is 15.6 Å². The van der Waals surface area contributed by atoms with Gasteiger partial charge in [0.2, 0.25) is 0 Å². The third-order valence-corrected chi connectivity index (χ3v) is 4.23. The van der Waals surface area contributed by atoms with Gasteiger partial charge < -0.3 is 15.4 Å². The summed E-state index contributed by atoms with van der Waals surface area (Å²) in [4.78, 5) is 29.2. The van der Waals surface area contributed by atoms with E-state index in [9.17, 15) is 9.59 Å². The van der Waals surface area contributed by atoms with Crippen molar-refractivity contribution in [2.45, 2.75) is 13.3 Å². The van der Waals surface area contributed by atoms with Crippen molar-refractivity contribution in [3.63, 3.8) is 0 Å². The van der Waals surface area contributed by atoms with E-state index in [1.54, 1.807) is 37.4 Å². The highest BCUT2D eigenvalue weighted by Gasteiger charge is 2.13. The standard InChI is InChI=1S/C22H21N3O3/c1-3-15-7-4-5-10-19(15)25-22(27)20-13-16(11-12-23-20)21(26)24-17-8-6-9-18(14-17)28-2/h4-14H,3H2,1-2H3,(H,24,26)(H,25,27). The Kier molecular flexibility index (Phi) is 6.01. The van der Waals surface area contributed by atoms with E-state index in [1.165, 1.54) is 12.3 Å². The van der Waals surface area contributed by atoms with E-state index < -0.39 is 0 Å². The van der Waals surface area contributed by atoms with Crippen LogP contribution in [0.3, 0.4) is 0 Å². The van der Waals surface area contributed by atoms with Crippen LogP contribution in [0.15, 0.2) is 66.9 Å². The first-order chi connectivity index (χ1) is 13.6. The zero-order chi connectivity index (χ0) is 19.9. The van der Waals surface area contributed by atoms with Gasteiger partial charge in [-0.2, -0.15) is 0 Å². The summed E-state index contributed by atoms with van der Waals surface area (Å²) in [7, 11) is 1.56. The van der Waals surface area contributed by atoms with Crippen molar-refractivity contribution in [1.29, 1.82) is 0 Å². The van der Waals surface area contributed by atoms with Gasteiger partial charge in [-0.3, -0.25) is 14.6 Å². The third kappa shape index (κ3) is 4.54. The highest BCUT2D eigenvalue weighted by molar-refractivity contribution is 6.08. The Balaban J connectivity index is 1.75. The average Bonchev–Trinajstić information content (AvgIpc) is 2.74. The molecule has 0 aliphatic carbocycles. The fourth-order valence-corrected chi connectivity index (χ4v) is 2.74. The second-order valence-electron chi connectivity index (χ2n) is 6.08. The lowest BCUT2D eigenvalue weighted by atomic mass is 10.1. The number of pyridine rings is 1. The van der Waals surface area contributed by atoms with E-state index in [0.717, 1.165) is 17.7 Å². The summed E-state index contributed by atoms with van der Waals surface area (Å²) in [6.45, 7) is 2.02. The molecule has 0 saturated carbocycles. The molecule has 2 N–H and O–H groups in total. The Labute approximate surface area is 163 Å². The van der Waals surface area contributed by atoms with Crippen molar-refractivity contribution < 1.29 is 14.3 Å². The monoisotopic (exact) mass is 375 g/mol. The molecule has 0 unspecified atom stereocenters. The van der Waals surface area contributed by atoms with E-state index in [-0.39, 0.29) is 17.5 Å². The summed E-state index contributed by atoms with van der Waals surface area (Å²) < 4.78 is 5.15. The van der Waals surface area contributed by atoms with Crippen LogP contribution in [0.4, 0.5) is 11.4 Å². The molecule has 1 heterocycles. The SMILES string of the molecule is CCc1ccccc1NC(=O)c1cc(C(=O)Nc2cccc(OC)c2)ccn1. The normalized spacial score (nSPS) is 10.2. The molecule has 0 radical (unpaired) electrons. The summed E-state index contributed by atoms with van der Waals surface area (Å²) in [6, 6.07) is 17.7. The molecule has 0 saturated heterocycles. The minimum absolute atomic E-state index is 0.171. The fraction of sp³-hybridized carbons (Fsp3) is 0.136. The number of anilines is 2. The summed E-state index contributed by atoms with van der Waals surface area (Å²) >= 11 is 0. The molecule has 142 valence electrons. The molecule has 0 aliphatic rings. The van der Waals surface area contributed by atoms with E-state index in [4.69, 9.17) is 4.74 Å². The van der Waals surface area contributed by atoms with Crippen LogP contribution < -0.4 is 15.4 Å². The number of hydrogen-bond acceptors (Lipinski definition) is 4. The number of para-hydroxylation sites is 1. The van der Waals surface area contributed by atoms with Crippen molar-refractivity contribution in [2.75, 3.05) is 17.7 Å². The quantitative estimate of drug-likeness (QED) is 0.678. The largest absolute Gasteiger partial charge is 0.497 e. The second kappa shape index (κ2) is 8.81. The van der Waals surface area contributed by atoms with Crippen LogP contribution in [-0.4, -0.2) is 23.9 Å². The minimum Gasteiger partial charge on any atom is -0.497 e. The molecular weight excluding hydrogens is 354 g/mol. The summed E-state index contributed by atoms with van der Waals surface area (Å²) in [6.07, 6.45) is 2.24. The van der Waals surface area contributed by atoms with Crippen LogP contribution >= 0.6 is 0 Å². The van der Waals surface area contributed by atoms with Gasteiger partial charge in [0.1, 0.15) is 11.4 Å². The molecule has 3 rings (SSSR count). The lowest BCUT2D eigenvalue weighted by molar-refractivity contribution is 0.102. The van der Waals surface area contributed by atoms with Gasteiger partial charge in [0, 0.05) is 29.2 Å². The third-order valence-electron chi connectivity index (χ3n) is 4.23. The lowest BCUT2D eigenvalue weighted by Gasteiger charge is -2.10. The van der Waals surface area contributed by atoms with Crippen molar-refractivity contribution in [3.05, 3.63) is 83.7 Å². The molecule has 0 atom stereocenters. The Hall–Kier alpha value is -3.67. The topological polar surface area (TPSA) is 80.3 Å². The summed E-state index contributed by atoms with van der Waals surface area (Å²) in [5, 5.41) is 5.65. The van der Waals surface area contributed by atoms with Gasteiger partial charge in [-0.15, -0.1) is 0 Å². The molecule has 2 aromatic carbocycles. The Morgan fingerprint density at radius 3 is 2.57 bits per heavy atom. The predicted octanol–water partition coefficient (Wildman–Crippen LogP) is 4.16. The molecule has 28 heavy (non-hydrogen) atoms. The molecule has 6 heteroatoms. The van der Waals surface area contributed by atoms with Crippen molar-refractivity contribution >= 4 is 23.2 Å². The van der Waals surface area contributed by atoms with Crippen molar-refractivity contribution in [1.82, 2.24) is 4.98 Å². The van der Waals surface area contributed by atoms with Gasteiger partial charge in [-0.1, -0.05) is 31.2 Å². The molecule has 0 spiro atoms. The number of methoxy groups -OCH3 is 1. The number of benzene rings is 2. The molecule has 0 bridgehead atoms. The number of carbonyl (C=O) groups excluding carboxylic acids is 2. The summed E-state index contributed by atoms with van der Waals surface area (Å²) in [5.41, 5.74) is 2.88. The number of ether oxygens (including phenoxy) is 1.